The second-order valence-electron chi connectivity index (χ2n) is 5.27. The Labute approximate surface area is 121 Å². The number of hydrogen-bond acceptors (Lipinski definition) is 4. The van der Waals surface area contributed by atoms with E-state index in [1.165, 1.54) is 6.42 Å². The van der Waals surface area contributed by atoms with Gasteiger partial charge in [-0.05, 0) is 38.8 Å². The normalized spacial score (nSPS) is 24.5. The summed E-state index contributed by atoms with van der Waals surface area (Å²) in [6, 6.07) is 0.706. The monoisotopic (exact) mass is 276 g/mol. The van der Waals surface area contributed by atoms with Gasteiger partial charge in [-0.1, -0.05) is 11.8 Å². The second kappa shape index (κ2) is 7.98. The van der Waals surface area contributed by atoms with Crippen LogP contribution in [0.15, 0.2) is 23.6 Å². The van der Waals surface area contributed by atoms with Crippen molar-refractivity contribution in [1.29, 1.82) is 0 Å². The van der Waals surface area contributed by atoms with E-state index in [9.17, 15) is 0 Å². The Bertz CT molecular complexity index is 427. The third kappa shape index (κ3) is 4.59. The van der Waals surface area contributed by atoms with E-state index in [2.05, 4.69) is 29.4 Å². The Morgan fingerprint density at radius 3 is 3.00 bits per heavy atom. The number of allylic oxidation sites excluding steroid dienone is 2. The van der Waals surface area contributed by atoms with Crippen molar-refractivity contribution in [3.8, 4) is 11.8 Å². The zero-order valence-corrected chi connectivity index (χ0v) is 12.1. The molecule has 4 nitrogen and oxygen atoms in total. The maximum atomic E-state index is 8.71. The van der Waals surface area contributed by atoms with Crippen LogP contribution in [-0.2, 0) is 4.74 Å². The average Bonchev–Trinajstić information content (AvgIpc) is 2.40. The first kappa shape index (κ1) is 15.0. The first-order chi connectivity index (χ1) is 9.79. The average molecular weight is 276 g/mol. The van der Waals surface area contributed by atoms with E-state index >= 15 is 0 Å². The minimum absolute atomic E-state index is 0.204. The highest BCUT2D eigenvalue weighted by Gasteiger charge is 2.19. The zero-order valence-electron chi connectivity index (χ0n) is 12.1. The van der Waals surface area contributed by atoms with Crippen molar-refractivity contribution >= 4 is 0 Å². The summed E-state index contributed by atoms with van der Waals surface area (Å²) in [5.41, 5.74) is 0.962. The summed E-state index contributed by atoms with van der Waals surface area (Å²) in [7, 11) is 0. The van der Waals surface area contributed by atoms with Gasteiger partial charge in [0.1, 0.15) is 12.4 Å². The van der Waals surface area contributed by atoms with Gasteiger partial charge in [0, 0.05) is 30.8 Å². The molecule has 2 heterocycles. The van der Waals surface area contributed by atoms with Gasteiger partial charge < -0.3 is 20.5 Å². The first-order valence-electron chi connectivity index (χ1n) is 7.43. The molecule has 4 heteroatoms. The molecule has 0 aromatic carbocycles. The third-order valence-corrected chi connectivity index (χ3v) is 3.53. The van der Waals surface area contributed by atoms with Crippen LogP contribution in [0, 0.1) is 11.8 Å². The molecule has 2 atom stereocenters. The molecule has 2 aliphatic rings. The van der Waals surface area contributed by atoms with Crippen LogP contribution in [0.1, 0.15) is 32.6 Å². The van der Waals surface area contributed by atoms with Gasteiger partial charge in [0.2, 0.25) is 0 Å². The van der Waals surface area contributed by atoms with E-state index in [1.807, 2.05) is 12.3 Å². The number of aliphatic hydroxyl groups excluding tert-OH is 1. The summed E-state index contributed by atoms with van der Waals surface area (Å²) in [6.07, 6.45) is 7.76. The van der Waals surface area contributed by atoms with Crippen LogP contribution in [0.25, 0.3) is 0 Å². The molecule has 20 heavy (non-hydrogen) atoms. The van der Waals surface area contributed by atoms with E-state index < -0.39 is 0 Å². The Kier molecular flexibility index (Phi) is 5.97. The molecule has 1 fully saturated rings. The van der Waals surface area contributed by atoms with Crippen molar-refractivity contribution < 1.29 is 9.84 Å². The SMILES string of the molecule is CC1NC=C(C#CCCCCO)C=C1OC[C@@H]1CCN1. The summed E-state index contributed by atoms with van der Waals surface area (Å²) < 4.78 is 5.87. The Hall–Kier alpha value is -1.44. The maximum absolute atomic E-state index is 8.71. The van der Waals surface area contributed by atoms with Gasteiger partial charge in [-0.25, -0.2) is 0 Å². The summed E-state index contributed by atoms with van der Waals surface area (Å²) in [5, 5.41) is 15.3. The van der Waals surface area contributed by atoms with E-state index in [-0.39, 0.29) is 12.6 Å². The molecular weight excluding hydrogens is 252 g/mol. The Balaban J connectivity index is 1.81. The van der Waals surface area contributed by atoms with Crippen LogP contribution < -0.4 is 10.6 Å². The molecule has 1 unspecified atom stereocenters. The van der Waals surface area contributed by atoms with Gasteiger partial charge in [0.25, 0.3) is 0 Å². The molecule has 110 valence electrons. The van der Waals surface area contributed by atoms with Crippen molar-refractivity contribution in [3.05, 3.63) is 23.6 Å². The number of rotatable bonds is 6. The predicted octanol–water partition coefficient (Wildman–Crippen LogP) is 1.29. The summed E-state index contributed by atoms with van der Waals surface area (Å²) >= 11 is 0. The fraction of sp³-hybridized carbons (Fsp3) is 0.625. The largest absolute Gasteiger partial charge is 0.494 e. The topological polar surface area (TPSA) is 53.5 Å². The van der Waals surface area contributed by atoms with Gasteiger partial charge in [-0.15, -0.1) is 0 Å². The van der Waals surface area contributed by atoms with Crippen molar-refractivity contribution in [3.63, 3.8) is 0 Å². The highest BCUT2D eigenvalue weighted by molar-refractivity contribution is 5.41. The molecule has 0 spiro atoms. The van der Waals surface area contributed by atoms with Crippen molar-refractivity contribution in [2.45, 2.75) is 44.7 Å². The summed E-state index contributed by atoms with van der Waals surface area (Å²) in [5.74, 6) is 7.23. The lowest BCUT2D eigenvalue weighted by Crippen LogP contribution is -2.46. The smallest absolute Gasteiger partial charge is 0.119 e. The minimum Gasteiger partial charge on any atom is -0.494 e. The molecule has 0 aromatic rings. The fourth-order valence-corrected chi connectivity index (χ4v) is 2.03. The summed E-state index contributed by atoms with van der Waals surface area (Å²) in [4.78, 5) is 0. The fourth-order valence-electron chi connectivity index (χ4n) is 2.03. The van der Waals surface area contributed by atoms with Gasteiger partial charge in [-0.2, -0.15) is 0 Å². The molecule has 0 saturated carbocycles. The Morgan fingerprint density at radius 1 is 1.45 bits per heavy atom. The number of unbranched alkanes of at least 4 members (excludes halogenated alkanes) is 2. The Morgan fingerprint density at radius 2 is 2.30 bits per heavy atom. The predicted molar refractivity (Wildman–Crippen MR) is 79.8 cm³/mol. The van der Waals surface area contributed by atoms with Gasteiger partial charge in [-0.3, -0.25) is 0 Å². The van der Waals surface area contributed by atoms with Crippen molar-refractivity contribution in [2.24, 2.45) is 0 Å². The van der Waals surface area contributed by atoms with E-state index in [4.69, 9.17) is 9.84 Å². The zero-order chi connectivity index (χ0) is 14.2. The van der Waals surface area contributed by atoms with Crippen LogP contribution in [0.2, 0.25) is 0 Å². The van der Waals surface area contributed by atoms with Gasteiger partial charge in [0.05, 0.1) is 6.04 Å². The van der Waals surface area contributed by atoms with Crippen LogP contribution >= 0.6 is 0 Å². The van der Waals surface area contributed by atoms with E-state index in [0.29, 0.717) is 6.04 Å². The van der Waals surface area contributed by atoms with Crippen molar-refractivity contribution in [1.82, 2.24) is 10.6 Å². The highest BCUT2D eigenvalue weighted by atomic mass is 16.5. The molecule has 0 bridgehead atoms. The van der Waals surface area contributed by atoms with Crippen LogP contribution in [0.4, 0.5) is 0 Å². The second-order valence-corrected chi connectivity index (χ2v) is 5.27. The summed E-state index contributed by atoms with van der Waals surface area (Å²) in [6.45, 7) is 4.17. The first-order valence-corrected chi connectivity index (χ1v) is 7.43. The van der Waals surface area contributed by atoms with Gasteiger partial charge >= 0.3 is 0 Å². The lowest BCUT2D eigenvalue weighted by atomic mass is 10.1. The number of hydrogen-bond donors (Lipinski definition) is 3. The molecule has 0 aromatic heterocycles. The molecule has 0 amide bonds. The van der Waals surface area contributed by atoms with Crippen LogP contribution in [-0.4, -0.2) is 36.9 Å². The maximum Gasteiger partial charge on any atom is 0.119 e. The van der Waals surface area contributed by atoms with E-state index in [0.717, 1.165) is 43.7 Å². The minimum atomic E-state index is 0.204. The highest BCUT2D eigenvalue weighted by Crippen LogP contribution is 2.15. The van der Waals surface area contributed by atoms with E-state index in [1.54, 1.807) is 0 Å². The third-order valence-electron chi connectivity index (χ3n) is 3.53. The lowest BCUT2D eigenvalue weighted by Gasteiger charge is -2.29. The molecule has 2 aliphatic heterocycles. The lowest BCUT2D eigenvalue weighted by molar-refractivity contribution is 0.136. The molecule has 3 N–H and O–H groups in total. The molecule has 2 rings (SSSR count). The number of nitrogens with one attached hydrogen (secondary N) is 2. The quantitative estimate of drug-likeness (QED) is 0.505. The standard InChI is InChI=1S/C16H24N2O2/c1-13-16(20-12-15-7-8-17-15)10-14(11-18-13)6-4-2-3-5-9-19/h10-11,13,15,17-19H,2-3,5,7-9,12H2,1H3/t13?,15-/m0/s1. The van der Waals surface area contributed by atoms with Crippen LogP contribution in [0.3, 0.4) is 0 Å². The molecule has 1 saturated heterocycles. The number of aliphatic hydroxyl groups is 1. The van der Waals surface area contributed by atoms with Crippen LogP contribution in [0.5, 0.6) is 0 Å². The molecule has 0 radical (unpaired) electrons. The molecule has 0 aliphatic carbocycles. The van der Waals surface area contributed by atoms with Crippen molar-refractivity contribution in [2.75, 3.05) is 19.8 Å². The number of dihydropyridines is 1. The molecular formula is C16H24N2O2. The van der Waals surface area contributed by atoms with Gasteiger partial charge in [0.15, 0.2) is 0 Å². The number of ether oxygens (including phenoxy) is 1.